The minimum Gasteiger partial charge on any atom is -0.453 e. The molecule has 5 N–H and O–H groups in total. The van der Waals surface area contributed by atoms with Gasteiger partial charge in [-0.2, -0.15) is 0 Å². The molecular weight excluding hydrogens is 773 g/mol. The van der Waals surface area contributed by atoms with Crippen LogP contribution in [0.3, 0.4) is 0 Å². The number of nitrogens with zero attached hydrogens (tertiary/aromatic N) is 2. The van der Waals surface area contributed by atoms with Gasteiger partial charge in [0.15, 0.2) is 0 Å². The zero-order chi connectivity index (χ0) is 61.6. The third kappa shape index (κ3) is 17.6. The van der Waals surface area contributed by atoms with Crippen molar-refractivity contribution < 1.29 is 76.8 Å². The molecule has 1 heterocycles. The van der Waals surface area contributed by atoms with Gasteiger partial charge in [0.2, 0.25) is 5.91 Å². The zero-order valence-corrected chi connectivity index (χ0v) is 32.7. The van der Waals surface area contributed by atoms with Crippen molar-refractivity contribution in [2.75, 3.05) is 60.3 Å². The Kier molecular flexibility index (Phi) is 10.9. The van der Waals surface area contributed by atoms with Crippen LogP contribution in [0.5, 0.6) is 0 Å². The normalized spacial score (nSPS) is 20.4. The summed E-state index contributed by atoms with van der Waals surface area (Å²) in [5.41, 5.74) is -4.83. The summed E-state index contributed by atoms with van der Waals surface area (Å²) in [5.74, 6) is -3.81. The third-order valence-corrected chi connectivity index (χ3v) is 8.33. The van der Waals surface area contributed by atoms with Crippen molar-refractivity contribution in [1.29, 1.82) is 0 Å². The number of ether oxygens (including phenoxy) is 5. The van der Waals surface area contributed by atoms with Crippen molar-refractivity contribution in [1.82, 2.24) is 31.4 Å². The molecule has 4 atom stereocenters. The summed E-state index contributed by atoms with van der Waals surface area (Å²) in [6.45, 7) is -27.2. The molecule has 0 radical (unpaired) electrons. The Bertz CT molecular complexity index is 2410. The molecule has 0 aliphatic carbocycles. The largest absolute Gasteiger partial charge is 0.453 e. The van der Waals surface area contributed by atoms with Crippen molar-refractivity contribution in [3.63, 3.8) is 0 Å². The van der Waals surface area contributed by atoms with Gasteiger partial charge < -0.3 is 44.7 Å². The number of aliphatic hydroxyl groups excluding tert-OH is 1. The fourth-order valence-corrected chi connectivity index (χ4v) is 5.38. The molecule has 0 fully saturated rings. The number of hydrazine groups is 1. The number of nitrogens with one attached hydrogen (secondary N) is 4. The first kappa shape index (κ1) is 26.3. The van der Waals surface area contributed by atoms with Crippen molar-refractivity contribution in [3.8, 4) is 11.3 Å². The molecule has 0 bridgehead atoms. The first-order valence-corrected chi connectivity index (χ1v) is 18.3. The highest BCUT2D eigenvalue weighted by molar-refractivity contribution is 5.87. The molecule has 16 nitrogen and oxygen atoms in total. The average Bonchev–Trinajstić information content (AvgIpc) is 3.30. The number of hydrogen-bond donors (Lipinski definition) is 5. The molecule has 16 heteroatoms. The van der Waals surface area contributed by atoms with E-state index in [-0.39, 0.29) is 44.2 Å². The van der Waals surface area contributed by atoms with Gasteiger partial charge in [0, 0.05) is 56.6 Å². The van der Waals surface area contributed by atoms with Crippen LogP contribution in [0.1, 0.15) is 81.0 Å². The predicted octanol–water partition coefficient (Wildman–Crippen LogP) is 4.26. The van der Waals surface area contributed by atoms with Gasteiger partial charge in [-0.3, -0.25) is 20.0 Å². The zero-order valence-electron chi connectivity index (χ0n) is 53.7. The lowest BCUT2D eigenvalue weighted by Crippen LogP contribution is -2.61. The van der Waals surface area contributed by atoms with Gasteiger partial charge in [0.25, 0.3) is 5.91 Å². The maximum absolute atomic E-state index is 14.9. The maximum atomic E-state index is 14.9. The minimum absolute atomic E-state index is 0.0171. The van der Waals surface area contributed by atoms with E-state index in [1.807, 2.05) is 0 Å². The van der Waals surface area contributed by atoms with Crippen molar-refractivity contribution in [3.05, 3.63) is 90.1 Å². The average molecular weight is 858 g/mol. The first-order chi connectivity index (χ1) is 37.2. The van der Waals surface area contributed by atoms with Crippen LogP contribution in [0.25, 0.3) is 11.3 Å². The molecule has 0 spiro atoms. The van der Waals surface area contributed by atoms with Crippen molar-refractivity contribution in [2.45, 2.75) is 78.3 Å². The van der Waals surface area contributed by atoms with Gasteiger partial charge in [-0.05, 0) is 40.5 Å². The smallest absolute Gasteiger partial charge is 0.407 e. The standard InChI is InChI=1S/C44H64N6O10/c1-43(2,3)37(48-42(55)60-27-26-59-25-24-58-23-22-56-7)39(52)46-35(28-31-14-10-9-11-15-31)36(51)30-50(49-40(53)38(44(4,5)6)47-41(54)57-8)29-32-17-19-33(20-18-32)34-16-12-13-21-45-34/h9-21,35-38,51H,22-30H2,1-8H3,(H,46,52)(H,47,54)(H,48,55)(H,49,53)/t35-,36-,37+,38+/m0/s1/i1D3,2D3,3D3,4D3,5D3,6D3,8D3. The number of benzene rings is 2. The topological polar surface area (TPSA) is 199 Å². The second-order valence-corrected chi connectivity index (χ2v) is 13.2. The van der Waals surface area contributed by atoms with Crippen LogP contribution in [-0.2, 0) is 46.2 Å². The number of aliphatic hydroxyl groups is 1. The summed E-state index contributed by atoms with van der Waals surface area (Å²) in [6, 6.07) is 10.2. The number of amides is 4. The van der Waals surface area contributed by atoms with E-state index in [1.54, 1.807) is 41.7 Å². The lowest BCUT2D eigenvalue weighted by atomic mass is 9.85. The highest BCUT2D eigenvalue weighted by atomic mass is 16.6. The van der Waals surface area contributed by atoms with Gasteiger partial charge in [0.1, 0.15) is 18.7 Å². The van der Waals surface area contributed by atoms with Gasteiger partial charge >= 0.3 is 12.2 Å². The Hall–Kier alpha value is -5.13. The van der Waals surface area contributed by atoms with E-state index in [0.29, 0.717) is 11.3 Å². The number of pyridine rings is 1. The fourth-order valence-electron chi connectivity index (χ4n) is 5.38. The Morgan fingerprint density at radius 3 is 1.97 bits per heavy atom. The Balaban J connectivity index is 2.28. The van der Waals surface area contributed by atoms with Crippen LogP contribution < -0.4 is 21.4 Å². The summed E-state index contributed by atoms with van der Waals surface area (Å²) in [7, 11) is -2.18. The molecule has 0 aliphatic heterocycles. The lowest BCUT2D eigenvalue weighted by Gasteiger charge is -2.35. The quantitative estimate of drug-likeness (QED) is 0.0672. The number of carbonyl (C=O) groups is 4. The number of aromatic nitrogens is 1. The Labute approximate surface area is 383 Å². The van der Waals surface area contributed by atoms with Crippen molar-refractivity contribution >= 4 is 24.0 Å². The van der Waals surface area contributed by atoms with Crippen LogP contribution >= 0.6 is 0 Å². The summed E-state index contributed by atoms with van der Waals surface area (Å²) in [4.78, 5) is 60.4. The van der Waals surface area contributed by atoms with Gasteiger partial charge in [-0.25, -0.2) is 14.6 Å². The van der Waals surface area contributed by atoms with Crippen LogP contribution in [0.15, 0.2) is 79.0 Å². The van der Waals surface area contributed by atoms with Crippen LogP contribution in [0.2, 0.25) is 0 Å². The number of carbonyl (C=O) groups excluding carboxylic acids is 4. The van der Waals surface area contributed by atoms with E-state index in [1.165, 1.54) is 55.0 Å². The second kappa shape index (κ2) is 24.8. The van der Waals surface area contributed by atoms with Crippen LogP contribution in [-0.4, -0.2) is 124 Å². The van der Waals surface area contributed by atoms with Gasteiger partial charge in [-0.1, -0.05) is 102 Å². The Morgan fingerprint density at radius 2 is 1.35 bits per heavy atom. The SMILES string of the molecule is [2H]C([2H])([2H])OC(=O)N[C@H](C(=O)NN(Cc1ccc(-c2ccccn2)cc1)C[C@H](O)[C@H](Cc1ccccc1)NC(=O)[C@@H](NC(=O)OCCOCCOCCOC)C(C([2H])([2H])[2H])(C([2H])([2H])[2H])C([2H])([2H])[2H])C(C([2H])([2H])[2H])(C([2H])([2H])[2H])C([2H])([2H])[2H]. The summed E-state index contributed by atoms with van der Waals surface area (Å²) in [5, 5.41) is 18.6. The van der Waals surface area contributed by atoms with E-state index in [0.717, 1.165) is 5.01 Å². The number of alkyl carbamates (subject to hydrolysis) is 2. The fraction of sp³-hybridized carbons (Fsp3) is 0.523. The number of rotatable bonds is 23. The van der Waals surface area contributed by atoms with Crippen molar-refractivity contribution in [2.24, 2.45) is 10.8 Å². The molecule has 3 rings (SSSR count). The molecule has 0 saturated heterocycles. The van der Waals surface area contributed by atoms with Gasteiger partial charge in [0.05, 0.1) is 62.0 Å². The van der Waals surface area contributed by atoms with Gasteiger partial charge in [-0.15, -0.1) is 0 Å². The molecular formula is C44H64N6O10. The molecule has 4 amide bonds. The Morgan fingerprint density at radius 1 is 0.733 bits per heavy atom. The number of hydrogen-bond acceptors (Lipinski definition) is 12. The molecule has 3 aromatic rings. The predicted molar refractivity (Wildman–Crippen MR) is 226 cm³/mol. The summed E-state index contributed by atoms with van der Waals surface area (Å²) >= 11 is 0. The molecule has 0 aliphatic rings. The van der Waals surface area contributed by atoms with E-state index in [9.17, 15) is 24.3 Å². The minimum atomic E-state index is -4.28. The van der Waals surface area contributed by atoms with E-state index in [2.05, 4.69) is 20.5 Å². The summed E-state index contributed by atoms with van der Waals surface area (Å²) < 4.78 is 197. The first-order valence-electron chi connectivity index (χ1n) is 28.8. The van der Waals surface area contributed by atoms with Crippen LogP contribution in [0, 0.1) is 10.8 Å². The van der Waals surface area contributed by atoms with E-state index in [4.69, 9.17) is 47.7 Å². The molecule has 0 saturated carbocycles. The molecule has 1 aromatic heterocycles. The molecule has 2 aromatic carbocycles. The lowest BCUT2D eigenvalue weighted by molar-refractivity contribution is -0.132. The van der Waals surface area contributed by atoms with E-state index >= 15 is 0 Å². The van der Waals surface area contributed by atoms with Crippen LogP contribution in [0.4, 0.5) is 9.59 Å². The molecule has 330 valence electrons. The number of methoxy groups -OCH3 is 2. The summed E-state index contributed by atoms with van der Waals surface area (Å²) in [6.07, 6.45) is -5.08. The highest BCUT2D eigenvalue weighted by Gasteiger charge is 2.37. The molecule has 60 heavy (non-hydrogen) atoms. The van der Waals surface area contributed by atoms with E-state index < -0.39 is 133 Å². The third-order valence-electron chi connectivity index (χ3n) is 8.33. The maximum Gasteiger partial charge on any atom is 0.407 e. The second-order valence-electron chi connectivity index (χ2n) is 13.2. The molecule has 0 unspecified atom stereocenters. The monoisotopic (exact) mass is 858 g/mol. The highest BCUT2D eigenvalue weighted by Crippen LogP contribution is 2.23.